The second-order valence-electron chi connectivity index (χ2n) is 4.39. The minimum absolute atomic E-state index is 0.0177. The minimum atomic E-state index is -0.0865. The van der Waals surface area contributed by atoms with Gasteiger partial charge in [-0.3, -0.25) is 4.79 Å². The van der Waals surface area contributed by atoms with E-state index < -0.39 is 0 Å². The third kappa shape index (κ3) is 3.93. The van der Waals surface area contributed by atoms with Crippen molar-refractivity contribution < 1.29 is 14.3 Å². The fourth-order valence-electron chi connectivity index (χ4n) is 2.04. The molecule has 0 aromatic heterocycles. The summed E-state index contributed by atoms with van der Waals surface area (Å²) in [5, 5.41) is 0.698. The third-order valence-corrected chi connectivity index (χ3v) is 3.34. The molecule has 0 saturated carbocycles. The molecule has 1 aromatic carbocycles. The van der Waals surface area contributed by atoms with E-state index in [1.165, 1.54) is 0 Å². The van der Waals surface area contributed by atoms with E-state index in [1.54, 1.807) is 4.90 Å². The number of amides is 1. The fourth-order valence-corrected chi connectivity index (χ4v) is 2.16. The van der Waals surface area contributed by atoms with Gasteiger partial charge in [0.25, 0.3) is 0 Å². The molecular formula is C14H18ClNO3. The second kappa shape index (κ2) is 6.89. The Labute approximate surface area is 118 Å². The van der Waals surface area contributed by atoms with Crippen LogP contribution in [-0.4, -0.2) is 43.7 Å². The van der Waals surface area contributed by atoms with Crippen LogP contribution in [0.15, 0.2) is 24.3 Å². The summed E-state index contributed by atoms with van der Waals surface area (Å²) >= 11 is 5.87. The molecule has 1 aliphatic rings. The Morgan fingerprint density at radius 3 is 2.89 bits per heavy atom. The Kier molecular flexibility index (Phi) is 5.19. The molecule has 1 aromatic rings. The number of hydrogen-bond acceptors (Lipinski definition) is 3. The molecule has 19 heavy (non-hydrogen) atoms. The van der Waals surface area contributed by atoms with Gasteiger partial charge in [-0.1, -0.05) is 23.7 Å². The van der Waals surface area contributed by atoms with Crippen LogP contribution in [0, 0.1) is 0 Å². The standard InChI is InChI=1S/C14H18ClNO3/c1-2-18-10-14(17)16-7-8-19-13(9-16)11-3-5-12(15)6-4-11/h3-6,13H,2,7-10H2,1H3/t13-/m1/s1. The van der Waals surface area contributed by atoms with Crippen molar-refractivity contribution in [3.05, 3.63) is 34.9 Å². The van der Waals surface area contributed by atoms with E-state index in [2.05, 4.69) is 0 Å². The summed E-state index contributed by atoms with van der Waals surface area (Å²) in [5.74, 6) is 0.0177. The predicted octanol–water partition coefficient (Wildman–Crippen LogP) is 2.28. The minimum Gasteiger partial charge on any atom is -0.372 e. The highest BCUT2D eigenvalue weighted by Crippen LogP contribution is 2.23. The van der Waals surface area contributed by atoms with E-state index in [9.17, 15) is 4.79 Å². The highest BCUT2D eigenvalue weighted by atomic mass is 35.5. The van der Waals surface area contributed by atoms with Gasteiger partial charge in [0, 0.05) is 18.2 Å². The van der Waals surface area contributed by atoms with Crippen LogP contribution >= 0.6 is 11.6 Å². The maximum absolute atomic E-state index is 11.9. The molecule has 2 rings (SSSR count). The molecule has 4 nitrogen and oxygen atoms in total. The Bertz CT molecular complexity index is 421. The molecule has 104 valence electrons. The molecule has 1 atom stereocenters. The zero-order valence-electron chi connectivity index (χ0n) is 11.0. The first-order valence-corrected chi connectivity index (χ1v) is 6.81. The second-order valence-corrected chi connectivity index (χ2v) is 4.82. The van der Waals surface area contributed by atoms with Crippen LogP contribution in [0.5, 0.6) is 0 Å². The molecule has 0 aliphatic carbocycles. The van der Waals surface area contributed by atoms with Gasteiger partial charge in [0.1, 0.15) is 12.7 Å². The van der Waals surface area contributed by atoms with Crippen LogP contribution in [0.3, 0.4) is 0 Å². The van der Waals surface area contributed by atoms with Crippen LogP contribution in [0.2, 0.25) is 5.02 Å². The topological polar surface area (TPSA) is 38.8 Å². The molecule has 0 unspecified atom stereocenters. The number of ether oxygens (including phenoxy) is 2. The third-order valence-electron chi connectivity index (χ3n) is 3.09. The van der Waals surface area contributed by atoms with Crippen molar-refractivity contribution in [3.8, 4) is 0 Å². The van der Waals surface area contributed by atoms with Gasteiger partial charge in [-0.15, -0.1) is 0 Å². The van der Waals surface area contributed by atoms with E-state index in [-0.39, 0.29) is 18.6 Å². The van der Waals surface area contributed by atoms with Crippen LogP contribution in [0.25, 0.3) is 0 Å². The predicted molar refractivity (Wildman–Crippen MR) is 73.2 cm³/mol. The number of morpholine rings is 1. The van der Waals surface area contributed by atoms with Crippen molar-refractivity contribution in [2.45, 2.75) is 13.0 Å². The van der Waals surface area contributed by atoms with Crippen molar-refractivity contribution in [3.63, 3.8) is 0 Å². The molecule has 1 saturated heterocycles. The SMILES string of the molecule is CCOCC(=O)N1CCO[C@@H](c2ccc(Cl)cc2)C1. The zero-order valence-corrected chi connectivity index (χ0v) is 11.7. The van der Waals surface area contributed by atoms with E-state index in [1.807, 2.05) is 31.2 Å². The summed E-state index contributed by atoms with van der Waals surface area (Å²) in [6.45, 7) is 4.30. The van der Waals surface area contributed by atoms with Crippen molar-refractivity contribution in [2.75, 3.05) is 32.9 Å². The Morgan fingerprint density at radius 2 is 2.21 bits per heavy atom. The number of carbonyl (C=O) groups excluding carboxylic acids is 1. The number of nitrogens with zero attached hydrogens (tertiary/aromatic N) is 1. The van der Waals surface area contributed by atoms with Gasteiger partial charge in [0.15, 0.2) is 0 Å². The number of benzene rings is 1. The van der Waals surface area contributed by atoms with Gasteiger partial charge in [0.05, 0.1) is 13.2 Å². The number of rotatable bonds is 4. The average molecular weight is 284 g/mol. The van der Waals surface area contributed by atoms with Gasteiger partial charge in [0.2, 0.25) is 5.91 Å². The van der Waals surface area contributed by atoms with E-state index >= 15 is 0 Å². The number of carbonyl (C=O) groups is 1. The van der Waals surface area contributed by atoms with Gasteiger partial charge in [-0.05, 0) is 24.6 Å². The largest absolute Gasteiger partial charge is 0.372 e. The molecule has 5 heteroatoms. The first-order chi connectivity index (χ1) is 9.20. The summed E-state index contributed by atoms with van der Waals surface area (Å²) < 4.78 is 10.9. The first kappa shape index (κ1) is 14.3. The number of halogens is 1. The highest BCUT2D eigenvalue weighted by molar-refractivity contribution is 6.30. The first-order valence-electron chi connectivity index (χ1n) is 6.43. The van der Waals surface area contributed by atoms with Gasteiger partial charge >= 0.3 is 0 Å². The van der Waals surface area contributed by atoms with Gasteiger partial charge in [-0.2, -0.15) is 0 Å². The summed E-state index contributed by atoms with van der Waals surface area (Å²) in [6.07, 6.45) is -0.0865. The van der Waals surface area contributed by atoms with Crippen LogP contribution in [0.1, 0.15) is 18.6 Å². The maximum Gasteiger partial charge on any atom is 0.248 e. The normalized spacial score (nSPS) is 19.5. The Hall–Kier alpha value is -1.10. The fraction of sp³-hybridized carbons (Fsp3) is 0.500. The summed E-state index contributed by atoms with van der Waals surface area (Å²) in [6, 6.07) is 7.54. The van der Waals surface area contributed by atoms with Crippen molar-refractivity contribution >= 4 is 17.5 Å². The van der Waals surface area contributed by atoms with Gasteiger partial charge < -0.3 is 14.4 Å². The lowest BCUT2D eigenvalue weighted by atomic mass is 10.1. The maximum atomic E-state index is 11.9. The molecular weight excluding hydrogens is 266 g/mol. The quantitative estimate of drug-likeness (QED) is 0.851. The lowest BCUT2D eigenvalue weighted by Crippen LogP contribution is -2.43. The van der Waals surface area contributed by atoms with Gasteiger partial charge in [-0.25, -0.2) is 0 Å². The molecule has 1 aliphatic heterocycles. The van der Waals surface area contributed by atoms with Crippen LogP contribution < -0.4 is 0 Å². The lowest BCUT2D eigenvalue weighted by Gasteiger charge is -2.33. The summed E-state index contributed by atoms with van der Waals surface area (Å²) in [7, 11) is 0. The van der Waals surface area contributed by atoms with Crippen molar-refractivity contribution in [2.24, 2.45) is 0 Å². The molecule has 1 amide bonds. The zero-order chi connectivity index (χ0) is 13.7. The smallest absolute Gasteiger partial charge is 0.248 e. The Morgan fingerprint density at radius 1 is 1.47 bits per heavy atom. The molecule has 0 spiro atoms. The van der Waals surface area contributed by atoms with E-state index in [4.69, 9.17) is 21.1 Å². The van der Waals surface area contributed by atoms with E-state index in [0.29, 0.717) is 31.3 Å². The number of hydrogen-bond donors (Lipinski definition) is 0. The molecule has 0 bridgehead atoms. The Balaban J connectivity index is 1.96. The molecule has 1 heterocycles. The van der Waals surface area contributed by atoms with Crippen molar-refractivity contribution in [1.29, 1.82) is 0 Å². The molecule has 1 fully saturated rings. The highest BCUT2D eigenvalue weighted by Gasteiger charge is 2.25. The molecule has 0 radical (unpaired) electrons. The van der Waals surface area contributed by atoms with Crippen LogP contribution in [-0.2, 0) is 14.3 Å². The average Bonchev–Trinajstić information content (AvgIpc) is 2.45. The summed E-state index contributed by atoms with van der Waals surface area (Å²) in [5.41, 5.74) is 1.04. The molecule has 0 N–H and O–H groups in total. The van der Waals surface area contributed by atoms with Crippen molar-refractivity contribution in [1.82, 2.24) is 4.90 Å². The van der Waals surface area contributed by atoms with Crippen LogP contribution in [0.4, 0.5) is 0 Å². The summed E-state index contributed by atoms with van der Waals surface area (Å²) in [4.78, 5) is 13.7. The van der Waals surface area contributed by atoms with E-state index in [0.717, 1.165) is 5.56 Å². The monoisotopic (exact) mass is 283 g/mol. The lowest BCUT2D eigenvalue weighted by molar-refractivity contribution is -0.143.